The molecule has 0 aromatic carbocycles. The third-order valence-electron chi connectivity index (χ3n) is 3.22. The zero-order valence-electron chi connectivity index (χ0n) is 12.5. The number of nitrogens with zero attached hydrogens (tertiary/aromatic N) is 3. The molecule has 1 aliphatic heterocycles. The summed E-state index contributed by atoms with van der Waals surface area (Å²) in [6, 6.07) is -0.0343. The average molecular weight is 295 g/mol. The monoisotopic (exact) mass is 295 g/mol. The number of aromatic nitrogens is 2. The second-order valence-corrected chi connectivity index (χ2v) is 6.14. The van der Waals surface area contributed by atoms with Crippen LogP contribution in [-0.2, 0) is 4.74 Å². The van der Waals surface area contributed by atoms with E-state index < -0.39 is 11.5 Å². The van der Waals surface area contributed by atoms with E-state index in [0.29, 0.717) is 13.1 Å². The van der Waals surface area contributed by atoms with Crippen LogP contribution in [0, 0.1) is 0 Å². The molecule has 0 radical (unpaired) electrons. The summed E-state index contributed by atoms with van der Waals surface area (Å²) in [6.45, 7) is 6.52. The van der Waals surface area contributed by atoms with E-state index in [9.17, 15) is 9.59 Å². The molecule has 1 aromatic rings. The Labute approximate surface area is 123 Å². The van der Waals surface area contributed by atoms with E-state index in [4.69, 9.17) is 16.2 Å². The number of carbonyl (C=O) groups is 2. The fourth-order valence-corrected chi connectivity index (χ4v) is 2.23. The average Bonchev–Trinajstić information content (AvgIpc) is 2.92. The summed E-state index contributed by atoms with van der Waals surface area (Å²) in [7, 11) is 0. The molecule has 0 saturated carbocycles. The van der Waals surface area contributed by atoms with Gasteiger partial charge in [0.25, 0.3) is 5.91 Å². The first-order valence-electron chi connectivity index (χ1n) is 6.80. The van der Waals surface area contributed by atoms with Crippen molar-refractivity contribution in [3.8, 4) is 0 Å². The van der Waals surface area contributed by atoms with Gasteiger partial charge in [-0.1, -0.05) is 0 Å². The molecule has 116 valence electrons. The fraction of sp³-hybridized carbons (Fsp3) is 0.615. The standard InChI is InChI=1S/C13H21N5O3/c1-13(2,3)21-12(20)17-5-4-8(6-17)18-7-9(11(15)19)10(14)16-18/h7-8H,4-6H2,1-3H3,(H2,14,16)(H2,15,19). The Morgan fingerprint density at radius 1 is 1.43 bits per heavy atom. The predicted octanol–water partition coefficient (Wildman–Crippen LogP) is 0.746. The summed E-state index contributed by atoms with van der Waals surface area (Å²) in [4.78, 5) is 24.8. The van der Waals surface area contributed by atoms with Gasteiger partial charge in [-0.2, -0.15) is 5.10 Å². The lowest BCUT2D eigenvalue weighted by atomic mass is 10.2. The molecule has 1 atom stereocenters. The molecule has 0 spiro atoms. The van der Waals surface area contributed by atoms with Gasteiger partial charge in [0.05, 0.1) is 6.04 Å². The highest BCUT2D eigenvalue weighted by Crippen LogP contribution is 2.24. The van der Waals surface area contributed by atoms with E-state index in [2.05, 4.69) is 5.10 Å². The number of ether oxygens (including phenoxy) is 1. The van der Waals surface area contributed by atoms with Gasteiger partial charge < -0.3 is 21.1 Å². The topological polar surface area (TPSA) is 116 Å². The van der Waals surface area contributed by atoms with Gasteiger partial charge in [-0.3, -0.25) is 9.48 Å². The van der Waals surface area contributed by atoms with Crippen LogP contribution < -0.4 is 11.5 Å². The van der Waals surface area contributed by atoms with Crippen molar-refractivity contribution >= 4 is 17.8 Å². The summed E-state index contributed by atoms with van der Waals surface area (Å²) < 4.78 is 6.93. The lowest BCUT2D eigenvalue weighted by Crippen LogP contribution is -2.35. The number of hydrogen-bond acceptors (Lipinski definition) is 5. The zero-order chi connectivity index (χ0) is 15.8. The largest absolute Gasteiger partial charge is 0.444 e. The van der Waals surface area contributed by atoms with Crippen molar-refractivity contribution in [2.75, 3.05) is 18.8 Å². The van der Waals surface area contributed by atoms with Gasteiger partial charge in [-0.25, -0.2) is 4.79 Å². The van der Waals surface area contributed by atoms with Crippen LogP contribution in [0.1, 0.15) is 43.6 Å². The van der Waals surface area contributed by atoms with Crippen LogP contribution in [0.3, 0.4) is 0 Å². The maximum atomic E-state index is 12.0. The highest BCUT2D eigenvalue weighted by molar-refractivity contribution is 5.96. The first-order valence-corrected chi connectivity index (χ1v) is 6.80. The van der Waals surface area contributed by atoms with Crippen LogP contribution in [0.15, 0.2) is 6.20 Å². The Balaban J connectivity index is 2.04. The lowest BCUT2D eigenvalue weighted by molar-refractivity contribution is 0.0288. The molecule has 0 aliphatic carbocycles. The SMILES string of the molecule is CC(C)(C)OC(=O)N1CCC(n2cc(C(N)=O)c(N)n2)C1. The maximum absolute atomic E-state index is 12.0. The number of nitrogen functional groups attached to an aromatic ring is 1. The molecule has 2 rings (SSSR count). The molecular formula is C13H21N5O3. The number of primary amides is 1. The molecule has 1 saturated heterocycles. The van der Waals surface area contributed by atoms with Crippen LogP contribution in [0.25, 0.3) is 0 Å². The number of carbonyl (C=O) groups excluding carboxylic acids is 2. The van der Waals surface area contributed by atoms with Crippen molar-refractivity contribution in [1.29, 1.82) is 0 Å². The number of amides is 2. The molecule has 8 nitrogen and oxygen atoms in total. The zero-order valence-corrected chi connectivity index (χ0v) is 12.5. The Morgan fingerprint density at radius 3 is 2.62 bits per heavy atom. The maximum Gasteiger partial charge on any atom is 0.410 e. The minimum Gasteiger partial charge on any atom is -0.444 e. The van der Waals surface area contributed by atoms with E-state index in [1.54, 1.807) is 9.58 Å². The van der Waals surface area contributed by atoms with Crippen molar-refractivity contribution in [2.45, 2.75) is 38.8 Å². The Hall–Kier alpha value is -2.25. The molecule has 0 bridgehead atoms. The number of likely N-dealkylation sites (tertiary alicyclic amines) is 1. The quantitative estimate of drug-likeness (QED) is 0.834. The lowest BCUT2D eigenvalue weighted by Gasteiger charge is -2.24. The van der Waals surface area contributed by atoms with Crippen LogP contribution >= 0.6 is 0 Å². The molecule has 1 aliphatic rings. The smallest absolute Gasteiger partial charge is 0.410 e. The highest BCUT2D eigenvalue weighted by atomic mass is 16.6. The second-order valence-electron chi connectivity index (χ2n) is 6.14. The molecule has 4 N–H and O–H groups in total. The van der Waals surface area contributed by atoms with E-state index in [0.717, 1.165) is 6.42 Å². The molecule has 21 heavy (non-hydrogen) atoms. The van der Waals surface area contributed by atoms with Gasteiger partial charge in [0, 0.05) is 19.3 Å². The van der Waals surface area contributed by atoms with Gasteiger partial charge >= 0.3 is 6.09 Å². The van der Waals surface area contributed by atoms with Crippen LogP contribution in [-0.4, -0.2) is 45.4 Å². The molecule has 1 fully saturated rings. The van der Waals surface area contributed by atoms with Crippen LogP contribution in [0.5, 0.6) is 0 Å². The number of anilines is 1. The van der Waals surface area contributed by atoms with Crippen molar-refractivity contribution in [2.24, 2.45) is 5.73 Å². The first-order chi connectivity index (χ1) is 9.67. The Morgan fingerprint density at radius 2 is 2.10 bits per heavy atom. The summed E-state index contributed by atoms with van der Waals surface area (Å²) in [6.07, 6.45) is 1.90. The van der Waals surface area contributed by atoms with Crippen molar-refractivity contribution in [3.63, 3.8) is 0 Å². The fourth-order valence-electron chi connectivity index (χ4n) is 2.23. The van der Waals surface area contributed by atoms with Gasteiger partial charge in [-0.15, -0.1) is 0 Å². The molecule has 2 amide bonds. The van der Waals surface area contributed by atoms with E-state index in [1.807, 2.05) is 20.8 Å². The van der Waals surface area contributed by atoms with Crippen LogP contribution in [0.4, 0.5) is 10.6 Å². The number of nitrogens with two attached hydrogens (primary N) is 2. The van der Waals surface area contributed by atoms with E-state index in [1.165, 1.54) is 6.20 Å². The summed E-state index contributed by atoms with van der Waals surface area (Å²) in [5.41, 5.74) is 10.5. The summed E-state index contributed by atoms with van der Waals surface area (Å²) >= 11 is 0. The van der Waals surface area contributed by atoms with Gasteiger partial charge in [0.2, 0.25) is 0 Å². The summed E-state index contributed by atoms with van der Waals surface area (Å²) in [5.74, 6) is -0.501. The van der Waals surface area contributed by atoms with E-state index in [-0.39, 0.29) is 23.5 Å². The number of rotatable bonds is 2. The van der Waals surface area contributed by atoms with Gasteiger partial charge in [0.15, 0.2) is 5.82 Å². The van der Waals surface area contributed by atoms with Crippen molar-refractivity contribution in [1.82, 2.24) is 14.7 Å². The second kappa shape index (κ2) is 5.27. The van der Waals surface area contributed by atoms with Crippen LogP contribution in [0.2, 0.25) is 0 Å². The molecule has 8 heteroatoms. The molecule has 1 unspecified atom stereocenters. The Bertz CT molecular complexity index is 561. The highest BCUT2D eigenvalue weighted by Gasteiger charge is 2.31. The predicted molar refractivity (Wildman–Crippen MR) is 76.6 cm³/mol. The van der Waals surface area contributed by atoms with Crippen molar-refractivity contribution < 1.29 is 14.3 Å². The third-order valence-corrected chi connectivity index (χ3v) is 3.22. The summed E-state index contributed by atoms with van der Waals surface area (Å²) in [5, 5.41) is 4.10. The molecular weight excluding hydrogens is 274 g/mol. The van der Waals surface area contributed by atoms with E-state index >= 15 is 0 Å². The van der Waals surface area contributed by atoms with Crippen molar-refractivity contribution in [3.05, 3.63) is 11.8 Å². The van der Waals surface area contributed by atoms with Gasteiger partial charge in [0.1, 0.15) is 11.2 Å². The van der Waals surface area contributed by atoms with Gasteiger partial charge in [-0.05, 0) is 27.2 Å². The number of hydrogen-bond donors (Lipinski definition) is 2. The minimum atomic E-state index is -0.610. The normalized spacial score (nSPS) is 18.8. The molecule has 1 aromatic heterocycles. The minimum absolute atomic E-state index is 0.0343. The first kappa shape index (κ1) is 15.1. The third kappa shape index (κ3) is 3.45. The molecule has 2 heterocycles. The Kier molecular flexibility index (Phi) is 3.80.